The molecule has 1 aromatic heterocycles. The van der Waals surface area contributed by atoms with Crippen LogP contribution in [0.25, 0.3) is 5.69 Å². The summed E-state index contributed by atoms with van der Waals surface area (Å²) in [5.74, 6) is -0.521. The van der Waals surface area contributed by atoms with Crippen molar-refractivity contribution >= 4 is 21.9 Å². The van der Waals surface area contributed by atoms with Crippen molar-refractivity contribution < 1.29 is 19.0 Å². The lowest BCUT2D eigenvalue weighted by molar-refractivity contribution is 0.0600. The number of methoxy groups -OCH3 is 1. The molecule has 1 N–H and O–H groups in total. The Balaban J connectivity index is 2.69. The largest absolute Gasteiger partial charge is 0.465 e. The van der Waals surface area contributed by atoms with Crippen molar-refractivity contribution in [2.75, 3.05) is 7.11 Å². The molecule has 1 aromatic carbocycles. The quantitative estimate of drug-likeness (QED) is 0.673. The van der Waals surface area contributed by atoms with Gasteiger partial charge in [-0.1, -0.05) is 15.9 Å². The van der Waals surface area contributed by atoms with Crippen molar-refractivity contribution in [1.29, 1.82) is 0 Å². The van der Waals surface area contributed by atoms with Crippen LogP contribution in [-0.4, -0.2) is 33.0 Å². The van der Waals surface area contributed by atoms with Crippen LogP contribution in [0.5, 0.6) is 0 Å². The number of ether oxygens (including phenoxy) is 1. The summed E-state index contributed by atoms with van der Waals surface area (Å²) in [5, 5.41) is 17.4. The molecule has 0 saturated carbocycles. The number of halogens is 2. The molecule has 0 aliphatic carbocycles. The van der Waals surface area contributed by atoms with E-state index in [1.54, 1.807) is 0 Å². The molecule has 2 aromatic rings. The first-order chi connectivity index (χ1) is 9.62. The molecule has 1 heterocycles. The highest BCUT2D eigenvalue weighted by Gasteiger charge is 2.20. The summed E-state index contributed by atoms with van der Waals surface area (Å²) in [6.45, 7) is -0.363. The van der Waals surface area contributed by atoms with E-state index in [4.69, 9.17) is 0 Å². The lowest BCUT2D eigenvalue weighted by Gasteiger charge is -2.12. The van der Waals surface area contributed by atoms with Crippen LogP contribution >= 0.6 is 15.9 Å². The van der Waals surface area contributed by atoms with Crippen LogP contribution in [0, 0.1) is 5.82 Å². The molecule has 8 heteroatoms. The SMILES string of the molecule is COC(=O)c1cc(F)ccc1-n1c(CO)nnc1CBr. The zero-order valence-corrected chi connectivity index (χ0v) is 12.1. The molecule has 0 spiro atoms. The number of rotatable bonds is 4. The lowest BCUT2D eigenvalue weighted by Crippen LogP contribution is -2.12. The molecule has 0 radical (unpaired) electrons. The molecule has 0 bridgehead atoms. The van der Waals surface area contributed by atoms with Gasteiger partial charge in [-0.3, -0.25) is 4.57 Å². The van der Waals surface area contributed by atoms with Crippen molar-refractivity contribution in [2.45, 2.75) is 11.9 Å². The van der Waals surface area contributed by atoms with Gasteiger partial charge in [0.25, 0.3) is 0 Å². The Kier molecular flexibility index (Phi) is 4.46. The summed E-state index contributed by atoms with van der Waals surface area (Å²) in [6, 6.07) is 3.69. The Labute approximate surface area is 122 Å². The van der Waals surface area contributed by atoms with Gasteiger partial charge in [0, 0.05) is 0 Å². The van der Waals surface area contributed by atoms with Crippen LogP contribution in [-0.2, 0) is 16.7 Å². The molecule has 106 valence electrons. The fourth-order valence-corrected chi connectivity index (χ4v) is 2.16. The average molecular weight is 344 g/mol. The van der Waals surface area contributed by atoms with Gasteiger partial charge in [0.2, 0.25) is 0 Å². The number of aromatic nitrogens is 3. The number of esters is 1. The number of alkyl halides is 1. The summed E-state index contributed by atoms with van der Waals surface area (Å²) >= 11 is 3.25. The number of aliphatic hydroxyl groups excluding tert-OH is 1. The summed E-state index contributed by atoms with van der Waals surface area (Å²) < 4.78 is 19.5. The fourth-order valence-electron chi connectivity index (χ4n) is 1.80. The number of carbonyl (C=O) groups is 1. The Morgan fingerprint density at radius 2 is 2.15 bits per heavy atom. The van der Waals surface area contributed by atoms with Gasteiger partial charge in [0.15, 0.2) is 5.82 Å². The van der Waals surface area contributed by atoms with Crippen LogP contribution in [0.4, 0.5) is 4.39 Å². The van der Waals surface area contributed by atoms with Crippen molar-refractivity contribution in [3.63, 3.8) is 0 Å². The summed E-state index contributed by atoms with van der Waals surface area (Å²) in [6.07, 6.45) is 0. The molecule has 0 unspecified atom stereocenters. The van der Waals surface area contributed by atoms with Gasteiger partial charge in [-0.05, 0) is 18.2 Å². The molecule has 0 atom stereocenters. The monoisotopic (exact) mass is 343 g/mol. The molecule has 20 heavy (non-hydrogen) atoms. The maximum absolute atomic E-state index is 13.3. The maximum atomic E-state index is 13.3. The first-order valence-corrected chi connectivity index (χ1v) is 6.72. The second-order valence-corrected chi connectivity index (χ2v) is 4.37. The number of hydrogen-bond acceptors (Lipinski definition) is 5. The summed E-state index contributed by atoms with van der Waals surface area (Å²) in [7, 11) is 1.21. The number of carbonyl (C=O) groups excluding carboxylic acids is 1. The molecule has 2 rings (SSSR count). The average Bonchev–Trinajstić information content (AvgIpc) is 2.89. The number of aliphatic hydroxyl groups is 1. The Hall–Kier alpha value is -1.80. The third-order valence-electron chi connectivity index (χ3n) is 2.66. The Morgan fingerprint density at radius 1 is 1.45 bits per heavy atom. The lowest BCUT2D eigenvalue weighted by atomic mass is 10.1. The minimum Gasteiger partial charge on any atom is -0.465 e. The maximum Gasteiger partial charge on any atom is 0.340 e. The first-order valence-electron chi connectivity index (χ1n) is 5.60. The van der Waals surface area contributed by atoms with Gasteiger partial charge in [0.1, 0.15) is 18.2 Å². The van der Waals surface area contributed by atoms with Crippen molar-refractivity contribution in [2.24, 2.45) is 0 Å². The second kappa shape index (κ2) is 6.10. The molecule has 6 nitrogen and oxygen atoms in total. The summed E-state index contributed by atoms with van der Waals surface area (Å²) in [4.78, 5) is 11.8. The predicted octanol–water partition coefficient (Wildman–Crippen LogP) is 1.58. The van der Waals surface area contributed by atoms with Crippen molar-refractivity contribution in [1.82, 2.24) is 14.8 Å². The third kappa shape index (κ3) is 2.56. The van der Waals surface area contributed by atoms with E-state index >= 15 is 0 Å². The highest BCUT2D eigenvalue weighted by Crippen LogP contribution is 2.21. The smallest absolute Gasteiger partial charge is 0.340 e. The molecular weight excluding hydrogens is 333 g/mol. The minimum atomic E-state index is -0.683. The van der Waals surface area contributed by atoms with Crippen LogP contribution in [0.15, 0.2) is 18.2 Å². The van der Waals surface area contributed by atoms with Crippen LogP contribution in [0.3, 0.4) is 0 Å². The topological polar surface area (TPSA) is 77.2 Å². The third-order valence-corrected chi connectivity index (χ3v) is 3.16. The molecular formula is C12H11BrFN3O3. The van der Waals surface area contributed by atoms with E-state index in [0.717, 1.165) is 6.07 Å². The second-order valence-electron chi connectivity index (χ2n) is 3.81. The van der Waals surface area contributed by atoms with E-state index in [2.05, 4.69) is 30.9 Å². The zero-order valence-electron chi connectivity index (χ0n) is 10.5. The van der Waals surface area contributed by atoms with Gasteiger partial charge in [-0.15, -0.1) is 10.2 Å². The molecule has 0 saturated heterocycles. The van der Waals surface area contributed by atoms with E-state index in [1.165, 1.54) is 23.8 Å². The van der Waals surface area contributed by atoms with E-state index in [1.807, 2.05) is 0 Å². The van der Waals surface area contributed by atoms with E-state index in [9.17, 15) is 14.3 Å². The number of hydrogen-bond donors (Lipinski definition) is 1. The van der Waals surface area contributed by atoms with Gasteiger partial charge >= 0.3 is 5.97 Å². The highest BCUT2D eigenvalue weighted by atomic mass is 79.9. The number of nitrogens with zero attached hydrogens (tertiary/aromatic N) is 3. The van der Waals surface area contributed by atoms with Crippen LogP contribution in [0.2, 0.25) is 0 Å². The van der Waals surface area contributed by atoms with E-state index in [-0.39, 0.29) is 18.0 Å². The number of benzene rings is 1. The minimum absolute atomic E-state index is 0.0317. The van der Waals surface area contributed by atoms with Crippen molar-refractivity contribution in [3.05, 3.63) is 41.2 Å². The predicted molar refractivity (Wildman–Crippen MR) is 71.2 cm³/mol. The van der Waals surface area contributed by atoms with Crippen molar-refractivity contribution in [3.8, 4) is 5.69 Å². The van der Waals surface area contributed by atoms with Crippen LogP contribution < -0.4 is 0 Å². The molecule has 0 fully saturated rings. The van der Waals surface area contributed by atoms with Gasteiger partial charge in [-0.2, -0.15) is 0 Å². The molecule has 0 aliphatic rings. The summed E-state index contributed by atoms with van der Waals surface area (Å²) in [5.41, 5.74) is 0.381. The van der Waals surface area contributed by atoms with E-state index < -0.39 is 11.8 Å². The first kappa shape index (κ1) is 14.6. The molecule has 0 amide bonds. The normalized spacial score (nSPS) is 10.6. The fraction of sp³-hybridized carbons (Fsp3) is 0.250. The Morgan fingerprint density at radius 3 is 2.75 bits per heavy atom. The van der Waals surface area contributed by atoms with Gasteiger partial charge in [-0.25, -0.2) is 9.18 Å². The highest BCUT2D eigenvalue weighted by molar-refractivity contribution is 9.08. The Bertz CT molecular complexity index is 623. The van der Waals surface area contributed by atoms with E-state index in [0.29, 0.717) is 16.8 Å². The zero-order chi connectivity index (χ0) is 14.7. The standard InChI is InChI=1S/C12H11BrFN3O3/c1-20-12(19)8-4-7(14)2-3-9(8)17-10(5-13)15-16-11(17)6-18/h2-4,18H,5-6H2,1H3. The molecule has 0 aliphatic heterocycles. The van der Waals surface area contributed by atoms with Gasteiger partial charge in [0.05, 0.1) is 23.7 Å². The van der Waals surface area contributed by atoms with Crippen LogP contribution in [0.1, 0.15) is 22.0 Å². The van der Waals surface area contributed by atoms with Gasteiger partial charge < -0.3 is 9.84 Å².